The maximum atomic E-state index is 12.2. The van der Waals surface area contributed by atoms with Gasteiger partial charge in [-0.15, -0.1) is 0 Å². The maximum Gasteiger partial charge on any atom is 0.335 e. The number of rotatable bonds is 9. The summed E-state index contributed by atoms with van der Waals surface area (Å²) in [6, 6.07) is 10.8. The van der Waals surface area contributed by atoms with Crippen LogP contribution in [0.5, 0.6) is 5.75 Å². The van der Waals surface area contributed by atoms with Gasteiger partial charge in [0.15, 0.2) is 0 Å². The van der Waals surface area contributed by atoms with Crippen molar-refractivity contribution in [1.82, 2.24) is 5.32 Å². The zero-order valence-electron chi connectivity index (χ0n) is 14.8. The molecule has 0 aliphatic heterocycles. The van der Waals surface area contributed by atoms with Crippen molar-refractivity contribution in [3.63, 3.8) is 0 Å². The highest BCUT2D eigenvalue weighted by atomic mass is 35.5. The van der Waals surface area contributed by atoms with Crippen LogP contribution < -0.4 is 15.4 Å². The number of halogens is 1. The van der Waals surface area contributed by atoms with Gasteiger partial charge < -0.3 is 25.2 Å². The molecular weight excluding hydrogens is 372 g/mol. The van der Waals surface area contributed by atoms with Gasteiger partial charge in [0.25, 0.3) is 0 Å². The van der Waals surface area contributed by atoms with E-state index in [0.717, 1.165) is 5.56 Å². The molecule has 0 aliphatic rings. The van der Waals surface area contributed by atoms with Crippen LogP contribution in [0.25, 0.3) is 0 Å². The number of carbonyl (C=O) groups is 2. The Bertz CT molecular complexity index is 780. The zero-order chi connectivity index (χ0) is 19.6. The Hall–Kier alpha value is -2.77. The average Bonchev–Trinajstić information content (AvgIpc) is 2.65. The summed E-state index contributed by atoms with van der Waals surface area (Å²) in [5.74, 6) is -0.509. The minimum atomic E-state index is -0.995. The molecule has 0 spiro atoms. The largest absolute Gasteiger partial charge is 0.489 e. The van der Waals surface area contributed by atoms with Crippen molar-refractivity contribution in [2.45, 2.75) is 13.5 Å². The number of benzene rings is 2. The van der Waals surface area contributed by atoms with Crippen molar-refractivity contribution in [3.05, 3.63) is 58.6 Å². The van der Waals surface area contributed by atoms with Gasteiger partial charge in [-0.3, -0.25) is 0 Å². The lowest BCUT2D eigenvalue weighted by Gasteiger charge is -2.14. The molecule has 2 aromatic rings. The Labute approximate surface area is 162 Å². The van der Waals surface area contributed by atoms with E-state index in [1.54, 1.807) is 30.3 Å². The summed E-state index contributed by atoms with van der Waals surface area (Å²) in [5, 5.41) is 14.7. The van der Waals surface area contributed by atoms with Crippen molar-refractivity contribution in [2.24, 2.45) is 0 Å². The first-order valence-corrected chi connectivity index (χ1v) is 8.74. The summed E-state index contributed by atoms with van der Waals surface area (Å²) in [6.07, 6.45) is 0. The monoisotopic (exact) mass is 392 g/mol. The van der Waals surface area contributed by atoms with Crippen LogP contribution in [0, 0.1) is 0 Å². The molecule has 0 saturated carbocycles. The van der Waals surface area contributed by atoms with Crippen LogP contribution in [-0.4, -0.2) is 36.9 Å². The quantitative estimate of drug-likeness (QED) is 0.564. The molecule has 3 N–H and O–H groups in total. The van der Waals surface area contributed by atoms with Crippen LogP contribution in [0.1, 0.15) is 22.8 Å². The topological polar surface area (TPSA) is 96.9 Å². The smallest absolute Gasteiger partial charge is 0.335 e. The van der Waals surface area contributed by atoms with E-state index in [1.807, 2.05) is 6.92 Å². The number of anilines is 1. The first kappa shape index (κ1) is 20.5. The highest BCUT2D eigenvalue weighted by Crippen LogP contribution is 2.28. The summed E-state index contributed by atoms with van der Waals surface area (Å²) >= 11 is 6.00. The standard InChI is InChI=1S/C19H21ClN2O5/c1-2-26-9-10-27-17-8-7-15(20)11-16(17)22-19(25)21-12-13-3-5-14(6-4-13)18(23)24/h3-8,11H,2,9-10,12H2,1H3,(H,23,24)(H2,21,22,25). The SMILES string of the molecule is CCOCCOc1ccc(Cl)cc1NC(=O)NCc1ccc(C(=O)O)cc1. The molecule has 0 fully saturated rings. The molecule has 0 unspecified atom stereocenters. The second-order valence-electron chi connectivity index (χ2n) is 5.50. The number of amides is 2. The molecule has 0 heterocycles. The molecule has 2 aromatic carbocycles. The van der Waals surface area contributed by atoms with E-state index in [2.05, 4.69) is 10.6 Å². The fraction of sp³-hybridized carbons (Fsp3) is 0.263. The normalized spacial score (nSPS) is 10.3. The Kier molecular flexibility index (Phi) is 7.91. The van der Waals surface area contributed by atoms with Crippen LogP contribution in [-0.2, 0) is 11.3 Å². The molecule has 0 bridgehead atoms. The molecule has 0 saturated heterocycles. The van der Waals surface area contributed by atoms with E-state index < -0.39 is 12.0 Å². The minimum Gasteiger partial charge on any atom is -0.489 e. The minimum absolute atomic E-state index is 0.191. The Morgan fingerprint density at radius 1 is 1.11 bits per heavy atom. The van der Waals surface area contributed by atoms with Gasteiger partial charge in [-0.25, -0.2) is 9.59 Å². The zero-order valence-corrected chi connectivity index (χ0v) is 15.6. The van der Waals surface area contributed by atoms with Gasteiger partial charge in [0, 0.05) is 18.2 Å². The Morgan fingerprint density at radius 3 is 2.52 bits per heavy atom. The number of urea groups is 1. The number of nitrogens with one attached hydrogen (secondary N) is 2. The van der Waals surface area contributed by atoms with Gasteiger partial charge in [0.2, 0.25) is 0 Å². The summed E-state index contributed by atoms with van der Waals surface area (Å²) < 4.78 is 10.8. The number of ether oxygens (including phenoxy) is 2. The Morgan fingerprint density at radius 2 is 1.85 bits per heavy atom. The van der Waals surface area contributed by atoms with E-state index in [-0.39, 0.29) is 12.1 Å². The third-order valence-corrected chi connectivity index (χ3v) is 3.77. The van der Waals surface area contributed by atoms with E-state index in [4.69, 9.17) is 26.2 Å². The van der Waals surface area contributed by atoms with Gasteiger partial charge in [-0.1, -0.05) is 23.7 Å². The van der Waals surface area contributed by atoms with Crippen LogP contribution >= 0.6 is 11.6 Å². The second-order valence-corrected chi connectivity index (χ2v) is 5.93. The summed E-state index contributed by atoms with van der Waals surface area (Å²) in [5.41, 5.74) is 1.41. The number of carboxylic acid groups (broad SMARTS) is 1. The van der Waals surface area contributed by atoms with E-state index >= 15 is 0 Å². The lowest BCUT2D eigenvalue weighted by Crippen LogP contribution is -2.28. The van der Waals surface area contributed by atoms with Gasteiger partial charge in [-0.2, -0.15) is 0 Å². The van der Waals surface area contributed by atoms with Crippen LogP contribution in [0.4, 0.5) is 10.5 Å². The van der Waals surface area contributed by atoms with E-state index in [9.17, 15) is 9.59 Å². The predicted molar refractivity (Wildman–Crippen MR) is 103 cm³/mol. The average molecular weight is 393 g/mol. The lowest BCUT2D eigenvalue weighted by molar-refractivity contribution is 0.0697. The summed E-state index contributed by atoms with van der Waals surface area (Å²) in [6.45, 7) is 3.53. The summed E-state index contributed by atoms with van der Waals surface area (Å²) in [7, 11) is 0. The van der Waals surface area contributed by atoms with Crippen molar-refractivity contribution in [3.8, 4) is 5.75 Å². The van der Waals surface area contributed by atoms with Crippen LogP contribution in [0.15, 0.2) is 42.5 Å². The highest BCUT2D eigenvalue weighted by molar-refractivity contribution is 6.31. The number of hydrogen-bond acceptors (Lipinski definition) is 4. The molecule has 2 rings (SSSR count). The molecule has 2 amide bonds. The fourth-order valence-corrected chi connectivity index (χ4v) is 2.37. The lowest BCUT2D eigenvalue weighted by atomic mass is 10.1. The number of carboxylic acids is 1. The van der Waals surface area contributed by atoms with Gasteiger partial charge in [-0.05, 0) is 42.8 Å². The molecular formula is C19H21ClN2O5. The van der Waals surface area contributed by atoms with Crippen LogP contribution in [0.2, 0.25) is 5.02 Å². The first-order chi connectivity index (χ1) is 13.0. The predicted octanol–water partition coefficient (Wildman–Crippen LogP) is 3.78. The van der Waals surface area contributed by atoms with Gasteiger partial charge in [0.05, 0.1) is 17.9 Å². The summed E-state index contributed by atoms with van der Waals surface area (Å²) in [4.78, 5) is 23.0. The first-order valence-electron chi connectivity index (χ1n) is 8.36. The molecule has 0 aliphatic carbocycles. The Balaban J connectivity index is 1.92. The third-order valence-electron chi connectivity index (χ3n) is 3.53. The molecule has 0 aromatic heterocycles. The van der Waals surface area contributed by atoms with Crippen molar-refractivity contribution in [2.75, 3.05) is 25.1 Å². The number of aromatic carboxylic acids is 1. The highest BCUT2D eigenvalue weighted by Gasteiger charge is 2.09. The van der Waals surface area contributed by atoms with Crippen molar-refractivity contribution >= 4 is 29.3 Å². The number of carbonyl (C=O) groups excluding carboxylic acids is 1. The molecule has 0 radical (unpaired) electrons. The molecule has 27 heavy (non-hydrogen) atoms. The molecule has 144 valence electrons. The fourth-order valence-electron chi connectivity index (χ4n) is 2.19. The second kappa shape index (κ2) is 10.4. The third kappa shape index (κ3) is 6.80. The van der Waals surface area contributed by atoms with Gasteiger partial charge >= 0.3 is 12.0 Å². The number of hydrogen-bond donors (Lipinski definition) is 3. The van der Waals surface area contributed by atoms with E-state index in [0.29, 0.717) is 36.3 Å². The maximum absolute atomic E-state index is 12.2. The van der Waals surface area contributed by atoms with Gasteiger partial charge in [0.1, 0.15) is 12.4 Å². The molecule has 8 heteroatoms. The van der Waals surface area contributed by atoms with Crippen LogP contribution in [0.3, 0.4) is 0 Å². The molecule has 0 atom stereocenters. The van der Waals surface area contributed by atoms with Crippen molar-refractivity contribution < 1.29 is 24.2 Å². The van der Waals surface area contributed by atoms with Crippen molar-refractivity contribution in [1.29, 1.82) is 0 Å². The van der Waals surface area contributed by atoms with E-state index in [1.165, 1.54) is 12.1 Å². The molecule has 7 nitrogen and oxygen atoms in total.